The fourth-order valence-electron chi connectivity index (χ4n) is 3.63. The molecule has 1 heterocycles. The van der Waals surface area contributed by atoms with Crippen molar-refractivity contribution in [2.75, 3.05) is 26.7 Å². The van der Waals surface area contributed by atoms with E-state index < -0.39 is 0 Å². The Morgan fingerprint density at radius 1 is 1.10 bits per heavy atom. The van der Waals surface area contributed by atoms with E-state index >= 15 is 0 Å². The van der Waals surface area contributed by atoms with Crippen molar-refractivity contribution in [3.8, 4) is 0 Å². The third-order valence-electron chi connectivity index (χ3n) is 5.07. The molecule has 2 rings (SSSR count). The second kappa shape index (κ2) is 8.56. The van der Waals surface area contributed by atoms with Gasteiger partial charge in [0.1, 0.15) is 0 Å². The fraction of sp³-hybridized carbons (Fsp3) is 0.933. The average Bonchev–Trinajstić information content (AvgIpc) is 2.38. The number of amides is 1. The van der Waals surface area contributed by atoms with Crippen LogP contribution in [0.1, 0.15) is 46.0 Å². The summed E-state index contributed by atoms with van der Waals surface area (Å²) in [6.07, 6.45) is 6.15. The maximum atomic E-state index is 12.7. The summed E-state index contributed by atoms with van der Waals surface area (Å²) < 4.78 is 0. The Bertz CT molecular complexity index is 333. The van der Waals surface area contributed by atoms with Crippen LogP contribution in [-0.2, 0) is 4.79 Å². The lowest BCUT2D eigenvalue weighted by Crippen LogP contribution is -2.65. The van der Waals surface area contributed by atoms with Gasteiger partial charge < -0.3 is 15.5 Å². The van der Waals surface area contributed by atoms with Crippen molar-refractivity contribution in [3.05, 3.63) is 0 Å². The summed E-state index contributed by atoms with van der Waals surface area (Å²) in [5.41, 5.74) is 6.02. The number of piperazine rings is 1. The van der Waals surface area contributed by atoms with Crippen molar-refractivity contribution in [3.63, 3.8) is 0 Å². The lowest BCUT2D eigenvalue weighted by molar-refractivity contribution is -0.148. The standard InChI is InChI=1S/C15H29N3O.2ClH/c1-12(13(2)16)14(19)18-10-9-17(3)11-15(18)7-5-4-6-8-15;;/h12-13H,4-11,16H2,1-3H3;2*1H. The number of carbonyl (C=O) groups is 1. The average molecular weight is 340 g/mol. The molecule has 1 saturated carbocycles. The zero-order valence-electron chi connectivity index (χ0n) is 13.5. The minimum Gasteiger partial charge on any atom is -0.334 e. The maximum absolute atomic E-state index is 12.7. The van der Waals surface area contributed by atoms with Crippen molar-refractivity contribution in [1.82, 2.24) is 9.80 Å². The number of halogens is 2. The van der Waals surface area contributed by atoms with E-state index in [1.807, 2.05) is 13.8 Å². The number of carbonyl (C=O) groups excluding carboxylic acids is 1. The summed E-state index contributed by atoms with van der Waals surface area (Å²) in [6.45, 7) is 6.80. The minimum atomic E-state index is -0.0674. The van der Waals surface area contributed by atoms with Crippen LogP contribution < -0.4 is 5.73 Å². The lowest BCUT2D eigenvalue weighted by atomic mass is 9.78. The molecule has 2 atom stereocenters. The predicted molar refractivity (Wildman–Crippen MR) is 92.3 cm³/mol. The predicted octanol–water partition coefficient (Wildman–Crippen LogP) is 2.29. The molecule has 2 unspecified atom stereocenters. The Balaban J connectivity index is 0.00000200. The topological polar surface area (TPSA) is 49.6 Å². The Kier molecular flexibility index (Phi) is 8.55. The number of nitrogens with two attached hydrogens (primary N) is 1. The Labute approximate surface area is 141 Å². The molecule has 126 valence electrons. The fourth-order valence-corrected chi connectivity index (χ4v) is 3.63. The smallest absolute Gasteiger partial charge is 0.227 e. The molecular formula is C15H31Cl2N3O. The summed E-state index contributed by atoms with van der Waals surface area (Å²) >= 11 is 0. The van der Waals surface area contributed by atoms with Gasteiger partial charge in [-0.15, -0.1) is 24.8 Å². The Morgan fingerprint density at radius 2 is 1.67 bits per heavy atom. The molecule has 0 radical (unpaired) electrons. The van der Waals surface area contributed by atoms with Gasteiger partial charge >= 0.3 is 0 Å². The molecule has 0 aromatic heterocycles. The molecule has 1 amide bonds. The highest BCUT2D eigenvalue weighted by Crippen LogP contribution is 2.37. The van der Waals surface area contributed by atoms with Crippen LogP contribution in [0.2, 0.25) is 0 Å². The van der Waals surface area contributed by atoms with E-state index in [0.29, 0.717) is 0 Å². The normalized spacial score (nSPS) is 24.7. The third kappa shape index (κ3) is 4.47. The van der Waals surface area contributed by atoms with Crippen molar-refractivity contribution in [2.24, 2.45) is 11.7 Å². The minimum absolute atomic E-state index is 0. The molecular weight excluding hydrogens is 309 g/mol. The van der Waals surface area contributed by atoms with Gasteiger partial charge in [0.2, 0.25) is 5.91 Å². The highest BCUT2D eigenvalue weighted by atomic mass is 35.5. The lowest BCUT2D eigenvalue weighted by Gasteiger charge is -2.53. The van der Waals surface area contributed by atoms with E-state index in [0.717, 1.165) is 32.5 Å². The molecule has 2 fully saturated rings. The number of nitrogens with zero attached hydrogens (tertiary/aromatic N) is 2. The monoisotopic (exact) mass is 339 g/mol. The molecule has 21 heavy (non-hydrogen) atoms. The van der Waals surface area contributed by atoms with Crippen LogP contribution in [0.5, 0.6) is 0 Å². The van der Waals surface area contributed by atoms with Gasteiger partial charge in [0, 0.05) is 25.7 Å². The number of likely N-dealkylation sites (N-methyl/N-ethyl adjacent to an activating group) is 1. The van der Waals surface area contributed by atoms with Crippen LogP contribution in [0, 0.1) is 5.92 Å². The number of hydrogen-bond donors (Lipinski definition) is 1. The SMILES string of the molecule is CC(N)C(C)C(=O)N1CCN(C)CC12CCCCC2.Cl.Cl. The summed E-state index contributed by atoms with van der Waals surface area (Å²) in [5.74, 6) is 0.201. The quantitative estimate of drug-likeness (QED) is 0.839. The van der Waals surface area contributed by atoms with Crippen LogP contribution in [0.3, 0.4) is 0 Å². The Hall–Kier alpha value is -0.0300. The molecule has 0 aromatic rings. The second-order valence-electron chi connectivity index (χ2n) is 6.66. The Morgan fingerprint density at radius 3 is 2.19 bits per heavy atom. The van der Waals surface area contributed by atoms with Crippen LogP contribution in [-0.4, -0.2) is 54.0 Å². The summed E-state index contributed by atoms with van der Waals surface area (Å²) in [6, 6.07) is -0.0622. The van der Waals surface area contributed by atoms with Crippen LogP contribution in [0.4, 0.5) is 0 Å². The van der Waals surface area contributed by atoms with Gasteiger partial charge in [-0.3, -0.25) is 4.79 Å². The van der Waals surface area contributed by atoms with Crippen LogP contribution in [0.15, 0.2) is 0 Å². The zero-order chi connectivity index (χ0) is 14.0. The van der Waals surface area contributed by atoms with Gasteiger partial charge in [0.05, 0.1) is 11.5 Å². The van der Waals surface area contributed by atoms with E-state index in [-0.39, 0.29) is 48.2 Å². The highest BCUT2D eigenvalue weighted by molar-refractivity contribution is 5.85. The summed E-state index contributed by atoms with van der Waals surface area (Å²) in [7, 11) is 2.17. The van der Waals surface area contributed by atoms with Gasteiger partial charge in [0.15, 0.2) is 0 Å². The highest BCUT2D eigenvalue weighted by Gasteiger charge is 2.44. The largest absolute Gasteiger partial charge is 0.334 e. The molecule has 1 aliphatic heterocycles. The third-order valence-corrected chi connectivity index (χ3v) is 5.07. The molecule has 2 N–H and O–H groups in total. The van der Waals surface area contributed by atoms with E-state index in [4.69, 9.17) is 5.73 Å². The van der Waals surface area contributed by atoms with Crippen molar-refractivity contribution < 1.29 is 4.79 Å². The van der Waals surface area contributed by atoms with E-state index in [2.05, 4.69) is 16.8 Å². The van der Waals surface area contributed by atoms with Gasteiger partial charge in [-0.2, -0.15) is 0 Å². The molecule has 1 aliphatic carbocycles. The summed E-state index contributed by atoms with van der Waals surface area (Å²) in [5, 5.41) is 0. The van der Waals surface area contributed by atoms with Crippen LogP contribution in [0.25, 0.3) is 0 Å². The van der Waals surface area contributed by atoms with E-state index in [1.165, 1.54) is 19.3 Å². The molecule has 1 saturated heterocycles. The van der Waals surface area contributed by atoms with Crippen molar-refractivity contribution in [2.45, 2.75) is 57.5 Å². The van der Waals surface area contributed by atoms with E-state index in [1.54, 1.807) is 0 Å². The summed E-state index contributed by atoms with van der Waals surface area (Å²) in [4.78, 5) is 17.3. The van der Waals surface area contributed by atoms with Gasteiger partial charge in [-0.1, -0.05) is 26.2 Å². The maximum Gasteiger partial charge on any atom is 0.227 e. The zero-order valence-corrected chi connectivity index (χ0v) is 15.1. The molecule has 1 spiro atoms. The van der Waals surface area contributed by atoms with Gasteiger partial charge in [0.25, 0.3) is 0 Å². The van der Waals surface area contributed by atoms with Crippen molar-refractivity contribution >= 4 is 30.7 Å². The molecule has 4 nitrogen and oxygen atoms in total. The first kappa shape index (κ1) is 21.0. The van der Waals surface area contributed by atoms with Crippen molar-refractivity contribution in [1.29, 1.82) is 0 Å². The molecule has 0 bridgehead atoms. The molecule has 6 heteroatoms. The van der Waals surface area contributed by atoms with Crippen LogP contribution >= 0.6 is 24.8 Å². The number of rotatable bonds is 2. The molecule has 2 aliphatic rings. The second-order valence-corrected chi connectivity index (χ2v) is 6.66. The van der Waals surface area contributed by atoms with Gasteiger partial charge in [-0.05, 0) is 26.8 Å². The van der Waals surface area contributed by atoms with Gasteiger partial charge in [-0.25, -0.2) is 0 Å². The van der Waals surface area contributed by atoms with E-state index in [9.17, 15) is 4.79 Å². The first-order chi connectivity index (χ1) is 8.96. The first-order valence-corrected chi connectivity index (χ1v) is 7.72. The first-order valence-electron chi connectivity index (χ1n) is 7.72. The number of hydrogen-bond acceptors (Lipinski definition) is 3. The molecule has 0 aromatic carbocycles.